The Balaban J connectivity index is 2.04. The fraction of sp³-hybridized carbons (Fsp3) is 0.143. The minimum Gasteiger partial charge on any atom is -0.395 e. The van der Waals surface area contributed by atoms with E-state index in [1.807, 2.05) is 0 Å². The van der Waals surface area contributed by atoms with E-state index in [1.165, 1.54) is 35.7 Å². The molecule has 1 amide bonds. The summed E-state index contributed by atoms with van der Waals surface area (Å²) in [5, 5.41) is 11.6. The van der Waals surface area contributed by atoms with Crippen molar-refractivity contribution in [3.8, 4) is 11.8 Å². The summed E-state index contributed by atoms with van der Waals surface area (Å²) in [6, 6.07) is 5.42. The molecule has 4 nitrogen and oxygen atoms in total. The van der Waals surface area contributed by atoms with E-state index in [4.69, 9.17) is 5.11 Å². The van der Waals surface area contributed by atoms with Gasteiger partial charge in [-0.3, -0.25) is 10.1 Å². The van der Waals surface area contributed by atoms with Crippen LogP contribution in [0.15, 0.2) is 30.5 Å². The van der Waals surface area contributed by atoms with Crippen molar-refractivity contribution in [1.82, 2.24) is 4.98 Å². The van der Waals surface area contributed by atoms with Crippen LogP contribution >= 0.6 is 11.3 Å². The molecule has 1 aromatic carbocycles. The molecule has 2 aromatic rings. The zero-order valence-electron chi connectivity index (χ0n) is 10.4. The van der Waals surface area contributed by atoms with Crippen LogP contribution in [0.5, 0.6) is 0 Å². The van der Waals surface area contributed by atoms with Gasteiger partial charge in [-0.25, -0.2) is 9.37 Å². The number of amides is 1. The van der Waals surface area contributed by atoms with Crippen LogP contribution < -0.4 is 5.32 Å². The molecule has 20 heavy (non-hydrogen) atoms. The molecule has 2 N–H and O–H groups in total. The van der Waals surface area contributed by atoms with Crippen LogP contribution in [0.4, 0.5) is 9.52 Å². The Morgan fingerprint density at radius 1 is 1.50 bits per heavy atom. The summed E-state index contributed by atoms with van der Waals surface area (Å²) in [4.78, 5) is 16.6. The van der Waals surface area contributed by atoms with E-state index in [9.17, 15) is 9.18 Å². The van der Waals surface area contributed by atoms with Crippen molar-refractivity contribution >= 4 is 22.4 Å². The van der Waals surface area contributed by atoms with Gasteiger partial charge in [0.05, 0.1) is 17.7 Å². The van der Waals surface area contributed by atoms with Crippen molar-refractivity contribution in [1.29, 1.82) is 0 Å². The fourth-order valence-electron chi connectivity index (χ4n) is 1.39. The first-order valence-electron chi connectivity index (χ1n) is 5.81. The Hall–Kier alpha value is -2.23. The predicted octanol–water partition coefficient (Wildman–Crippen LogP) is 2.27. The summed E-state index contributed by atoms with van der Waals surface area (Å²) in [5.74, 6) is 4.70. The number of nitrogens with zero attached hydrogens (tertiary/aromatic N) is 1. The van der Waals surface area contributed by atoms with Crippen LogP contribution in [-0.2, 0) is 0 Å². The third kappa shape index (κ3) is 3.88. The minimum absolute atomic E-state index is 0.00890. The average Bonchev–Trinajstić information content (AvgIpc) is 2.86. The first kappa shape index (κ1) is 14.2. The lowest BCUT2D eigenvalue weighted by atomic mass is 10.2. The summed E-state index contributed by atoms with van der Waals surface area (Å²) in [5.41, 5.74) is 0.230. The molecule has 0 atom stereocenters. The number of rotatable bonds is 3. The highest BCUT2D eigenvalue weighted by Gasteiger charge is 2.09. The van der Waals surface area contributed by atoms with Gasteiger partial charge in [0.15, 0.2) is 5.13 Å². The summed E-state index contributed by atoms with van der Waals surface area (Å²) in [6.07, 6.45) is 1.93. The largest absolute Gasteiger partial charge is 0.395 e. The van der Waals surface area contributed by atoms with E-state index < -0.39 is 11.7 Å². The van der Waals surface area contributed by atoms with Gasteiger partial charge < -0.3 is 5.11 Å². The SMILES string of the molecule is O=C(Nc1ncc(C#CCCO)s1)c1cccc(F)c1. The monoisotopic (exact) mass is 290 g/mol. The van der Waals surface area contributed by atoms with Gasteiger partial charge in [-0.1, -0.05) is 29.2 Å². The number of nitrogens with one attached hydrogen (secondary N) is 1. The van der Waals surface area contributed by atoms with E-state index >= 15 is 0 Å². The van der Waals surface area contributed by atoms with Gasteiger partial charge in [-0.2, -0.15) is 0 Å². The molecule has 0 aliphatic heterocycles. The highest BCUT2D eigenvalue weighted by molar-refractivity contribution is 7.16. The van der Waals surface area contributed by atoms with E-state index in [0.29, 0.717) is 16.4 Å². The van der Waals surface area contributed by atoms with Gasteiger partial charge in [0, 0.05) is 12.0 Å². The topological polar surface area (TPSA) is 62.2 Å². The average molecular weight is 290 g/mol. The fourth-order valence-corrected chi connectivity index (χ4v) is 2.08. The molecular formula is C14H11FN2O2S. The molecule has 0 spiro atoms. The maximum atomic E-state index is 13.0. The second-order valence-corrected chi connectivity index (χ2v) is 4.80. The van der Waals surface area contributed by atoms with Crippen LogP contribution in [0, 0.1) is 17.7 Å². The number of halogens is 1. The quantitative estimate of drug-likeness (QED) is 0.852. The van der Waals surface area contributed by atoms with Crippen LogP contribution in [-0.4, -0.2) is 22.6 Å². The molecular weight excluding hydrogens is 279 g/mol. The zero-order chi connectivity index (χ0) is 14.4. The normalized spacial score (nSPS) is 9.70. The smallest absolute Gasteiger partial charge is 0.257 e. The lowest BCUT2D eigenvalue weighted by molar-refractivity contribution is 0.102. The molecule has 1 aromatic heterocycles. The number of aliphatic hydroxyl groups excluding tert-OH is 1. The van der Waals surface area contributed by atoms with Crippen molar-refractivity contribution in [2.24, 2.45) is 0 Å². The number of hydrogen-bond donors (Lipinski definition) is 2. The Morgan fingerprint density at radius 2 is 2.35 bits per heavy atom. The predicted molar refractivity (Wildman–Crippen MR) is 75.0 cm³/mol. The van der Waals surface area contributed by atoms with Gasteiger partial charge in [-0.15, -0.1) is 0 Å². The Bertz CT molecular complexity index is 673. The van der Waals surface area contributed by atoms with E-state index in [1.54, 1.807) is 0 Å². The van der Waals surface area contributed by atoms with Crippen molar-refractivity contribution < 1.29 is 14.3 Å². The molecule has 0 fully saturated rings. The Kier molecular flexibility index (Phi) is 4.82. The highest BCUT2D eigenvalue weighted by Crippen LogP contribution is 2.18. The van der Waals surface area contributed by atoms with Crippen molar-refractivity contribution in [2.75, 3.05) is 11.9 Å². The van der Waals surface area contributed by atoms with Gasteiger partial charge in [0.1, 0.15) is 5.82 Å². The lowest BCUT2D eigenvalue weighted by Crippen LogP contribution is -2.11. The second kappa shape index (κ2) is 6.80. The molecule has 0 saturated heterocycles. The minimum atomic E-state index is -0.465. The first-order valence-corrected chi connectivity index (χ1v) is 6.63. The molecule has 0 radical (unpaired) electrons. The number of carbonyl (C=O) groups excluding carboxylic acids is 1. The van der Waals surface area contributed by atoms with E-state index in [-0.39, 0.29) is 12.2 Å². The molecule has 1 heterocycles. The molecule has 0 bridgehead atoms. The first-order chi connectivity index (χ1) is 9.69. The number of aliphatic hydroxyl groups is 1. The van der Waals surface area contributed by atoms with E-state index in [2.05, 4.69) is 22.1 Å². The van der Waals surface area contributed by atoms with Gasteiger partial charge in [-0.05, 0) is 18.2 Å². The number of carbonyl (C=O) groups is 1. The Morgan fingerprint density at radius 3 is 3.10 bits per heavy atom. The molecule has 0 saturated carbocycles. The zero-order valence-corrected chi connectivity index (χ0v) is 11.2. The third-order valence-electron chi connectivity index (χ3n) is 2.26. The van der Waals surface area contributed by atoms with Gasteiger partial charge >= 0.3 is 0 Å². The molecule has 0 aliphatic carbocycles. The summed E-state index contributed by atoms with van der Waals surface area (Å²) < 4.78 is 13.0. The second-order valence-electron chi connectivity index (χ2n) is 3.77. The molecule has 6 heteroatoms. The number of thiazole rings is 1. The number of aromatic nitrogens is 1. The Labute approximate surface area is 119 Å². The molecule has 0 aliphatic rings. The maximum absolute atomic E-state index is 13.0. The number of benzene rings is 1. The third-order valence-corrected chi connectivity index (χ3v) is 3.09. The highest BCUT2D eigenvalue weighted by atomic mass is 32.1. The van der Waals surface area contributed by atoms with Crippen LogP contribution in [0.3, 0.4) is 0 Å². The molecule has 2 rings (SSSR count). The van der Waals surface area contributed by atoms with E-state index in [0.717, 1.165) is 6.07 Å². The molecule has 0 unspecified atom stereocenters. The maximum Gasteiger partial charge on any atom is 0.257 e. The van der Waals surface area contributed by atoms with Crippen molar-refractivity contribution in [3.63, 3.8) is 0 Å². The summed E-state index contributed by atoms with van der Waals surface area (Å²) >= 11 is 1.22. The van der Waals surface area contributed by atoms with Gasteiger partial charge in [0.25, 0.3) is 5.91 Å². The lowest BCUT2D eigenvalue weighted by Gasteiger charge is -2.00. The van der Waals surface area contributed by atoms with Crippen LogP contribution in [0.2, 0.25) is 0 Å². The van der Waals surface area contributed by atoms with Crippen LogP contribution in [0.1, 0.15) is 21.7 Å². The van der Waals surface area contributed by atoms with Crippen LogP contribution in [0.25, 0.3) is 0 Å². The van der Waals surface area contributed by atoms with Gasteiger partial charge in [0.2, 0.25) is 0 Å². The molecule has 102 valence electrons. The number of anilines is 1. The number of hydrogen-bond acceptors (Lipinski definition) is 4. The van der Waals surface area contributed by atoms with Crippen molar-refractivity contribution in [2.45, 2.75) is 6.42 Å². The summed E-state index contributed by atoms with van der Waals surface area (Å²) in [6.45, 7) is 0.00890. The standard InChI is InChI=1S/C14H11FN2O2S/c15-11-5-3-4-10(8-11)13(19)17-14-16-9-12(20-14)6-1-2-7-18/h3-5,8-9,18H,2,7H2,(H,16,17,19). The summed E-state index contributed by atoms with van der Waals surface area (Å²) in [7, 11) is 0. The van der Waals surface area contributed by atoms with Crippen molar-refractivity contribution in [3.05, 3.63) is 46.7 Å².